The van der Waals surface area contributed by atoms with E-state index in [1.54, 1.807) is 4.90 Å². The molecule has 2 fully saturated rings. The van der Waals surface area contributed by atoms with E-state index in [0.717, 1.165) is 12.8 Å². The second-order valence-corrected chi connectivity index (χ2v) is 5.74. The molecule has 0 saturated carbocycles. The Morgan fingerprint density at radius 1 is 1.38 bits per heavy atom. The summed E-state index contributed by atoms with van der Waals surface area (Å²) < 4.78 is 13.3. The van der Waals surface area contributed by atoms with Crippen molar-refractivity contribution in [3.8, 4) is 0 Å². The SMILES string of the molecule is Nc1ccc(F)cc1C(=O)N1CCC2NC(=O)CCC2C1. The predicted octanol–water partition coefficient (Wildman–Crippen LogP) is 1.15. The fourth-order valence-electron chi connectivity index (χ4n) is 3.18. The van der Waals surface area contributed by atoms with Crippen LogP contribution in [0.4, 0.5) is 10.1 Å². The van der Waals surface area contributed by atoms with E-state index in [0.29, 0.717) is 25.2 Å². The highest BCUT2D eigenvalue weighted by Gasteiger charge is 2.35. The van der Waals surface area contributed by atoms with Crippen molar-refractivity contribution in [2.45, 2.75) is 25.3 Å². The quantitative estimate of drug-likeness (QED) is 0.762. The number of hydrogen-bond donors (Lipinski definition) is 2. The van der Waals surface area contributed by atoms with Crippen molar-refractivity contribution in [2.75, 3.05) is 18.8 Å². The summed E-state index contributed by atoms with van der Waals surface area (Å²) in [6.07, 6.45) is 2.03. The minimum absolute atomic E-state index is 0.0883. The number of piperidine rings is 2. The average Bonchev–Trinajstić information content (AvgIpc) is 2.48. The average molecular weight is 291 g/mol. The van der Waals surface area contributed by atoms with Crippen LogP contribution in [0.15, 0.2) is 18.2 Å². The van der Waals surface area contributed by atoms with Gasteiger partial charge in [-0.15, -0.1) is 0 Å². The number of likely N-dealkylation sites (tertiary alicyclic amines) is 1. The molecule has 2 aliphatic heterocycles. The molecule has 1 aromatic rings. The Balaban J connectivity index is 1.74. The van der Waals surface area contributed by atoms with E-state index in [1.807, 2.05) is 0 Å². The molecule has 0 aliphatic carbocycles. The summed E-state index contributed by atoms with van der Waals surface area (Å²) in [5.41, 5.74) is 6.28. The molecule has 0 aromatic heterocycles. The van der Waals surface area contributed by atoms with E-state index < -0.39 is 5.82 Å². The lowest BCUT2D eigenvalue weighted by Crippen LogP contribution is -2.55. The molecule has 0 bridgehead atoms. The number of nitrogens with zero attached hydrogens (tertiary/aromatic N) is 1. The van der Waals surface area contributed by atoms with Gasteiger partial charge in [-0.25, -0.2) is 4.39 Å². The number of carbonyl (C=O) groups is 2. The second-order valence-electron chi connectivity index (χ2n) is 5.74. The number of nitrogens with two attached hydrogens (primary N) is 1. The van der Waals surface area contributed by atoms with Crippen molar-refractivity contribution >= 4 is 17.5 Å². The molecular weight excluding hydrogens is 273 g/mol. The Hall–Kier alpha value is -2.11. The van der Waals surface area contributed by atoms with Gasteiger partial charge in [0.25, 0.3) is 5.91 Å². The molecule has 2 atom stereocenters. The third-order valence-electron chi connectivity index (χ3n) is 4.36. The molecule has 112 valence electrons. The Kier molecular flexibility index (Phi) is 3.53. The number of hydrogen-bond acceptors (Lipinski definition) is 3. The minimum atomic E-state index is -0.465. The molecule has 5 nitrogen and oxygen atoms in total. The predicted molar refractivity (Wildman–Crippen MR) is 76.0 cm³/mol. The Morgan fingerprint density at radius 2 is 2.19 bits per heavy atom. The van der Waals surface area contributed by atoms with Crippen molar-refractivity contribution in [3.05, 3.63) is 29.6 Å². The number of rotatable bonds is 1. The zero-order chi connectivity index (χ0) is 15.0. The van der Waals surface area contributed by atoms with E-state index >= 15 is 0 Å². The Labute approximate surface area is 122 Å². The van der Waals surface area contributed by atoms with Gasteiger partial charge in [0.2, 0.25) is 5.91 Å². The first-order valence-corrected chi connectivity index (χ1v) is 7.18. The first-order valence-electron chi connectivity index (χ1n) is 7.18. The van der Waals surface area contributed by atoms with E-state index in [1.165, 1.54) is 18.2 Å². The molecule has 2 aliphatic rings. The lowest BCUT2D eigenvalue weighted by molar-refractivity contribution is -0.125. The largest absolute Gasteiger partial charge is 0.398 e. The maximum Gasteiger partial charge on any atom is 0.256 e. The van der Waals surface area contributed by atoms with E-state index in [-0.39, 0.29) is 29.3 Å². The van der Waals surface area contributed by atoms with Crippen molar-refractivity contribution in [3.63, 3.8) is 0 Å². The van der Waals surface area contributed by atoms with Crippen molar-refractivity contribution in [2.24, 2.45) is 5.92 Å². The van der Waals surface area contributed by atoms with Gasteiger partial charge in [-0.3, -0.25) is 9.59 Å². The molecule has 6 heteroatoms. The van der Waals surface area contributed by atoms with Crippen LogP contribution in [-0.2, 0) is 4.79 Å². The van der Waals surface area contributed by atoms with Crippen molar-refractivity contribution < 1.29 is 14.0 Å². The molecule has 21 heavy (non-hydrogen) atoms. The Bertz CT molecular complexity index is 590. The van der Waals surface area contributed by atoms with Crippen LogP contribution in [0.1, 0.15) is 29.6 Å². The highest BCUT2D eigenvalue weighted by molar-refractivity contribution is 5.99. The normalized spacial score (nSPS) is 25.2. The van der Waals surface area contributed by atoms with Crippen LogP contribution in [-0.4, -0.2) is 35.8 Å². The van der Waals surface area contributed by atoms with E-state index in [2.05, 4.69) is 5.32 Å². The van der Waals surface area contributed by atoms with Crippen LogP contribution in [0.3, 0.4) is 0 Å². The molecule has 3 rings (SSSR count). The van der Waals surface area contributed by atoms with Crippen molar-refractivity contribution in [1.82, 2.24) is 10.2 Å². The fraction of sp³-hybridized carbons (Fsp3) is 0.467. The number of nitrogen functional groups attached to an aromatic ring is 1. The number of carbonyl (C=O) groups excluding carboxylic acids is 2. The first-order chi connectivity index (χ1) is 10.0. The molecule has 2 heterocycles. The van der Waals surface area contributed by atoms with E-state index in [9.17, 15) is 14.0 Å². The summed E-state index contributed by atoms with van der Waals surface area (Å²) in [6, 6.07) is 4.00. The fourth-order valence-corrected chi connectivity index (χ4v) is 3.18. The van der Waals surface area contributed by atoms with Crippen LogP contribution in [0.2, 0.25) is 0 Å². The zero-order valence-electron chi connectivity index (χ0n) is 11.6. The second kappa shape index (κ2) is 5.35. The summed E-state index contributed by atoms with van der Waals surface area (Å²) in [5.74, 6) is -0.338. The third-order valence-corrected chi connectivity index (χ3v) is 4.36. The van der Waals surface area contributed by atoms with Crippen LogP contribution in [0.5, 0.6) is 0 Å². The zero-order valence-corrected chi connectivity index (χ0v) is 11.6. The third kappa shape index (κ3) is 2.70. The summed E-state index contributed by atoms with van der Waals surface area (Å²) in [5, 5.41) is 2.98. The Morgan fingerprint density at radius 3 is 3.00 bits per heavy atom. The molecule has 2 unspecified atom stereocenters. The maximum absolute atomic E-state index is 13.3. The van der Waals surface area contributed by atoms with Gasteiger partial charge in [0, 0.05) is 31.2 Å². The monoisotopic (exact) mass is 291 g/mol. The van der Waals surface area contributed by atoms with Crippen LogP contribution in [0.25, 0.3) is 0 Å². The maximum atomic E-state index is 13.3. The lowest BCUT2D eigenvalue weighted by Gasteiger charge is -2.41. The van der Waals surface area contributed by atoms with Gasteiger partial charge < -0.3 is 16.0 Å². The van der Waals surface area contributed by atoms with Gasteiger partial charge in [0.15, 0.2) is 0 Å². The molecule has 0 spiro atoms. The standard InChI is InChI=1S/C15H18FN3O2/c16-10-2-3-12(17)11(7-10)15(21)19-6-5-13-9(8-19)1-4-14(20)18-13/h2-3,7,9,13H,1,4-6,8,17H2,(H,18,20). The lowest BCUT2D eigenvalue weighted by atomic mass is 9.85. The number of fused-ring (bicyclic) bond motifs is 1. The summed E-state index contributed by atoms with van der Waals surface area (Å²) in [7, 11) is 0. The molecule has 1 aromatic carbocycles. The molecular formula is C15H18FN3O2. The summed E-state index contributed by atoms with van der Waals surface area (Å²) >= 11 is 0. The number of anilines is 1. The van der Waals surface area contributed by atoms with Gasteiger partial charge in [-0.2, -0.15) is 0 Å². The van der Waals surface area contributed by atoms with Gasteiger partial charge in [-0.05, 0) is 37.0 Å². The highest BCUT2D eigenvalue weighted by atomic mass is 19.1. The number of halogens is 1. The van der Waals surface area contributed by atoms with Gasteiger partial charge in [0.1, 0.15) is 5.82 Å². The topological polar surface area (TPSA) is 75.4 Å². The van der Waals surface area contributed by atoms with Gasteiger partial charge in [0.05, 0.1) is 5.56 Å². The number of amides is 2. The van der Waals surface area contributed by atoms with Gasteiger partial charge >= 0.3 is 0 Å². The van der Waals surface area contributed by atoms with Gasteiger partial charge in [-0.1, -0.05) is 0 Å². The summed E-state index contributed by atoms with van der Waals surface area (Å²) in [6.45, 7) is 1.13. The van der Waals surface area contributed by atoms with Crippen molar-refractivity contribution in [1.29, 1.82) is 0 Å². The smallest absolute Gasteiger partial charge is 0.256 e. The molecule has 3 N–H and O–H groups in total. The minimum Gasteiger partial charge on any atom is -0.398 e. The number of nitrogens with one attached hydrogen (secondary N) is 1. The molecule has 2 saturated heterocycles. The summed E-state index contributed by atoms with van der Waals surface area (Å²) in [4.78, 5) is 25.6. The number of benzene rings is 1. The highest BCUT2D eigenvalue weighted by Crippen LogP contribution is 2.27. The first kappa shape index (κ1) is 13.9. The van der Waals surface area contributed by atoms with Crippen LogP contribution >= 0.6 is 0 Å². The van der Waals surface area contributed by atoms with Crippen LogP contribution < -0.4 is 11.1 Å². The molecule has 2 amide bonds. The van der Waals surface area contributed by atoms with Crippen LogP contribution in [0, 0.1) is 11.7 Å². The van der Waals surface area contributed by atoms with E-state index in [4.69, 9.17) is 5.73 Å². The molecule has 0 radical (unpaired) electrons.